The highest BCUT2D eigenvalue weighted by molar-refractivity contribution is 6.04. The van der Waals surface area contributed by atoms with Gasteiger partial charge in [0.15, 0.2) is 0 Å². The van der Waals surface area contributed by atoms with E-state index in [1.54, 1.807) is 6.07 Å². The molecule has 0 aliphatic carbocycles. The van der Waals surface area contributed by atoms with Gasteiger partial charge in [0.2, 0.25) is 0 Å². The zero-order chi connectivity index (χ0) is 15.6. The summed E-state index contributed by atoms with van der Waals surface area (Å²) in [5, 5.41) is 2.63. The zero-order valence-electron chi connectivity index (χ0n) is 12.1. The maximum absolute atomic E-state index is 13.1. The molecule has 0 saturated carbocycles. The van der Waals surface area contributed by atoms with Gasteiger partial charge in [-0.25, -0.2) is 8.78 Å². The predicted molar refractivity (Wildman–Crippen MR) is 79.8 cm³/mol. The average molecular weight is 290 g/mol. The topological polar surface area (TPSA) is 32.3 Å². The third-order valence-corrected chi connectivity index (χ3v) is 3.06. The Balaban J connectivity index is 2.21. The largest absolute Gasteiger partial charge is 0.377 e. The van der Waals surface area contributed by atoms with Crippen molar-refractivity contribution >= 4 is 17.3 Å². The molecule has 0 radical (unpaired) electrons. The van der Waals surface area contributed by atoms with Crippen molar-refractivity contribution in [3.63, 3.8) is 0 Å². The number of carbonyl (C=O) groups excluding carboxylic acids is 1. The predicted octanol–water partition coefficient (Wildman–Crippen LogP) is 3.59. The van der Waals surface area contributed by atoms with Gasteiger partial charge in [-0.1, -0.05) is 0 Å². The molecule has 2 aromatic carbocycles. The number of benzene rings is 2. The Morgan fingerprint density at radius 1 is 1.05 bits per heavy atom. The molecule has 0 aliphatic heterocycles. The first-order valence-corrected chi connectivity index (χ1v) is 6.42. The molecule has 3 nitrogen and oxygen atoms in total. The lowest BCUT2D eigenvalue weighted by atomic mass is 10.1. The van der Waals surface area contributed by atoms with E-state index in [0.29, 0.717) is 5.69 Å². The Bertz CT molecular complexity index is 664. The summed E-state index contributed by atoms with van der Waals surface area (Å²) in [5.74, 6) is -2.11. The van der Waals surface area contributed by atoms with E-state index in [9.17, 15) is 13.6 Å². The van der Waals surface area contributed by atoms with E-state index in [1.807, 2.05) is 38.1 Å². The molecule has 0 atom stereocenters. The number of hydrogen-bond acceptors (Lipinski definition) is 2. The standard InChI is InChI=1S/C16H16F2N2O/c1-10-6-14(4-5-15(10)20(2)3)19-16(21)11-7-12(17)9-13(18)8-11/h4-9H,1-3H3,(H,19,21). The molecule has 21 heavy (non-hydrogen) atoms. The van der Waals surface area contributed by atoms with Crippen molar-refractivity contribution in [1.82, 2.24) is 0 Å². The Morgan fingerprint density at radius 3 is 2.19 bits per heavy atom. The van der Waals surface area contributed by atoms with Gasteiger partial charge >= 0.3 is 0 Å². The molecule has 0 saturated heterocycles. The quantitative estimate of drug-likeness (QED) is 0.937. The van der Waals surface area contributed by atoms with Crippen molar-refractivity contribution in [3.8, 4) is 0 Å². The highest BCUT2D eigenvalue weighted by Gasteiger charge is 2.10. The molecule has 2 rings (SSSR count). The summed E-state index contributed by atoms with van der Waals surface area (Å²) in [6.07, 6.45) is 0. The molecule has 2 aromatic rings. The van der Waals surface area contributed by atoms with Gasteiger partial charge in [-0.05, 0) is 42.8 Å². The van der Waals surface area contributed by atoms with Gasteiger partial charge in [-0.15, -0.1) is 0 Å². The molecule has 110 valence electrons. The summed E-state index contributed by atoms with van der Waals surface area (Å²) in [4.78, 5) is 14.0. The van der Waals surface area contributed by atoms with Crippen LogP contribution in [-0.2, 0) is 0 Å². The second-order valence-corrected chi connectivity index (χ2v) is 5.01. The smallest absolute Gasteiger partial charge is 0.255 e. The summed E-state index contributed by atoms with van der Waals surface area (Å²) in [6, 6.07) is 8.15. The minimum absolute atomic E-state index is 0.0539. The van der Waals surface area contributed by atoms with Crippen LogP contribution in [0.25, 0.3) is 0 Å². The number of halogens is 2. The van der Waals surface area contributed by atoms with Crippen LogP contribution in [-0.4, -0.2) is 20.0 Å². The lowest BCUT2D eigenvalue weighted by Gasteiger charge is -2.16. The second kappa shape index (κ2) is 5.91. The molecule has 0 spiro atoms. The van der Waals surface area contributed by atoms with Crippen molar-refractivity contribution in [2.24, 2.45) is 0 Å². The van der Waals surface area contributed by atoms with Crippen LogP contribution in [0.4, 0.5) is 20.2 Å². The van der Waals surface area contributed by atoms with E-state index in [2.05, 4.69) is 5.32 Å². The normalized spacial score (nSPS) is 10.3. The molecule has 1 N–H and O–H groups in total. The SMILES string of the molecule is Cc1cc(NC(=O)c2cc(F)cc(F)c2)ccc1N(C)C. The van der Waals surface area contributed by atoms with Crippen LogP contribution in [0.15, 0.2) is 36.4 Å². The Morgan fingerprint density at radius 2 is 1.67 bits per heavy atom. The number of carbonyl (C=O) groups is 1. The maximum Gasteiger partial charge on any atom is 0.255 e. The first kappa shape index (κ1) is 15.0. The molecule has 0 unspecified atom stereocenters. The molecular weight excluding hydrogens is 274 g/mol. The van der Waals surface area contributed by atoms with E-state index in [4.69, 9.17) is 0 Å². The van der Waals surface area contributed by atoms with Crippen LogP contribution in [0, 0.1) is 18.6 Å². The number of nitrogens with one attached hydrogen (secondary N) is 1. The van der Waals surface area contributed by atoms with Crippen LogP contribution in [0.3, 0.4) is 0 Å². The van der Waals surface area contributed by atoms with E-state index in [0.717, 1.165) is 29.4 Å². The summed E-state index contributed by atoms with van der Waals surface area (Å²) in [7, 11) is 3.85. The number of nitrogens with zero attached hydrogens (tertiary/aromatic N) is 1. The van der Waals surface area contributed by atoms with Gasteiger partial charge in [0, 0.05) is 37.1 Å². The van der Waals surface area contributed by atoms with Crippen LogP contribution in [0.2, 0.25) is 0 Å². The van der Waals surface area contributed by atoms with Gasteiger partial charge in [0.1, 0.15) is 11.6 Å². The Kier molecular flexibility index (Phi) is 4.21. The summed E-state index contributed by atoms with van der Waals surface area (Å²) in [6.45, 7) is 1.92. The molecule has 0 heterocycles. The maximum atomic E-state index is 13.1. The van der Waals surface area contributed by atoms with Gasteiger partial charge in [0.25, 0.3) is 5.91 Å². The van der Waals surface area contributed by atoms with Gasteiger partial charge in [-0.3, -0.25) is 4.79 Å². The third kappa shape index (κ3) is 3.56. The first-order chi connectivity index (χ1) is 9.86. The van der Waals surface area contributed by atoms with Crippen LogP contribution in [0.5, 0.6) is 0 Å². The number of amides is 1. The lowest BCUT2D eigenvalue weighted by molar-refractivity contribution is 0.102. The molecule has 0 aliphatic rings. The number of aryl methyl sites for hydroxylation is 1. The first-order valence-electron chi connectivity index (χ1n) is 6.42. The van der Waals surface area contributed by atoms with Crippen LogP contribution in [0.1, 0.15) is 15.9 Å². The van der Waals surface area contributed by atoms with Gasteiger partial charge < -0.3 is 10.2 Å². The lowest BCUT2D eigenvalue weighted by Crippen LogP contribution is -2.14. The monoisotopic (exact) mass is 290 g/mol. The fourth-order valence-electron chi connectivity index (χ4n) is 2.12. The van der Waals surface area contributed by atoms with Crippen molar-refractivity contribution in [3.05, 3.63) is 59.2 Å². The summed E-state index contributed by atoms with van der Waals surface area (Å²) >= 11 is 0. The van der Waals surface area contributed by atoms with E-state index in [-0.39, 0.29) is 5.56 Å². The molecular formula is C16H16F2N2O. The Hall–Kier alpha value is -2.43. The van der Waals surface area contributed by atoms with E-state index >= 15 is 0 Å². The number of rotatable bonds is 3. The van der Waals surface area contributed by atoms with E-state index in [1.165, 1.54) is 0 Å². The number of anilines is 2. The molecule has 0 aromatic heterocycles. The molecule has 5 heteroatoms. The van der Waals surface area contributed by atoms with Gasteiger partial charge in [-0.2, -0.15) is 0 Å². The van der Waals surface area contributed by atoms with Crippen molar-refractivity contribution in [2.45, 2.75) is 6.92 Å². The fraction of sp³-hybridized carbons (Fsp3) is 0.188. The highest BCUT2D eigenvalue weighted by Crippen LogP contribution is 2.22. The highest BCUT2D eigenvalue weighted by atomic mass is 19.1. The molecule has 0 fully saturated rings. The molecule has 1 amide bonds. The average Bonchev–Trinajstić information content (AvgIpc) is 2.37. The number of hydrogen-bond donors (Lipinski definition) is 1. The van der Waals surface area contributed by atoms with Crippen molar-refractivity contribution in [1.29, 1.82) is 0 Å². The van der Waals surface area contributed by atoms with E-state index < -0.39 is 17.5 Å². The Labute approximate surface area is 122 Å². The summed E-state index contributed by atoms with van der Waals surface area (Å²) < 4.78 is 26.2. The van der Waals surface area contributed by atoms with Crippen LogP contribution >= 0.6 is 0 Å². The minimum atomic E-state index is -0.778. The molecule has 0 bridgehead atoms. The van der Waals surface area contributed by atoms with Crippen LogP contribution < -0.4 is 10.2 Å². The fourth-order valence-corrected chi connectivity index (χ4v) is 2.12. The van der Waals surface area contributed by atoms with Crippen molar-refractivity contribution in [2.75, 3.05) is 24.3 Å². The second-order valence-electron chi connectivity index (χ2n) is 5.01. The minimum Gasteiger partial charge on any atom is -0.377 e. The summed E-state index contributed by atoms with van der Waals surface area (Å²) in [5.41, 5.74) is 2.54. The van der Waals surface area contributed by atoms with Gasteiger partial charge in [0.05, 0.1) is 0 Å². The van der Waals surface area contributed by atoms with Crippen molar-refractivity contribution < 1.29 is 13.6 Å². The third-order valence-electron chi connectivity index (χ3n) is 3.06. The zero-order valence-corrected chi connectivity index (χ0v) is 12.1.